The number of nitrogens with zero attached hydrogens (tertiary/aromatic N) is 1. The van der Waals surface area contributed by atoms with Gasteiger partial charge in [0.1, 0.15) is 6.04 Å². The fourth-order valence-electron chi connectivity index (χ4n) is 3.23. The molecule has 0 fully saturated rings. The molecule has 0 aliphatic carbocycles. The minimum atomic E-state index is -3.98. The number of anilines is 1. The molecular formula is C19H21N3O4S. The molecule has 0 spiro atoms. The van der Waals surface area contributed by atoms with Crippen LogP contribution in [0, 0.1) is 0 Å². The zero-order valence-corrected chi connectivity index (χ0v) is 15.7. The maximum atomic E-state index is 12.8. The average Bonchev–Trinajstić information content (AvgIpc) is 2.65. The van der Waals surface area contributed by atoms with E-state index in [0.717, 1.165) is 17.7 Å². The van der Waals surface area contributed by atoms with E-state index in [1.807, 2.05) is 0 Å². The van der Waals surface area contributed by atoms with Crippen LogP contribution in [0.15, 0.2) is 53.4 Å². The normalized spacial score (nSPS) is 15.1. The predicted octanol–water partition coefficient (Wildman–Crippen LogP) is 1.49. The van der Waals surface area contributed by atoms with Gasteiger partial charge in [-0.05, 0) is 42.2 Å². The van der Waals surface area contributed by atoms with Crippen LogP contribution in [0.4, 0.5) is 5.69 Å². The van der Waals surface area contributed by atoms with Gasteiger partial charge in [0.25, 0.3) is 0 Å². The number of fused-ring (bicyclic) bond motifs is 1. The van der Waals surface area contributed by atoms with Crippen molar-refractivity contribution in [2.75, 3.05) is 11.4 Å². The fourth-order valence-corrected chi connectivity index (χ4v) is 4.47. The maximum Gasteiger partial charge on any atom is 0.241 e. The van der Waals surface area contributed by atoms with Crippen molar-refractivity contribution in [1.82, 2.24) is 4.72 Å². The summed E-state index contributed by atoms with van der Waals surface area (Å²) in [6.07, 6.45) is 1.44. The number of benzene rings is 2. The first-order chi connectivity index (χ1) is 12.8. The predicted molar refractivity (Wildman–Crippen MR) is 101 cm³/mol. The van der Waals surface area contributed by atoms with Gasteiger partial charge in [-0.3, -0.25) is 9.59 Å². The van der Waals surface area contributed by atoms with Gasteiger partial charge < -0.3 is 10.6 Å². The van der Waals surface area contributed by atoms with E-state index in [2.05, 4.69) is 4.72 Å². The molecule has 1 unspecified atom stereocenters. The van der Waals surface area contributed by atoms with Crippen molar-refractivity contribution in [3.8, 4) is 0 Å². The fraction of sp³-hybridized carbons (Fsp3) is 0.263. The van der Waals surface area contributed by atoms with Crippen LogP contribution in [0.25, 0.3) is 0 Å². The molecule has 27 heavy (non-hydrogen) atoms. The number of amides is 2. The Balaban J connectivity index is 1.93. The van der Waals surface area contributed by atoms with E-state index in [4.69, 9.17) is 5.73 Å². The summed E-state index contributed by atoms with van der Waals surface area (Å²) >= 11 is 0. The molecule has 0 bridgehead atoms. The first-order valence-electron chi connectivity index (χ1n) is 8.57. The van der Waals surface area contributed by atoms with E-state index < -0.39 is 22.0 Å². The molecule has 1 atom stereocenters. The van der Waals surface area contributed by atoms with Crippen LogP contribution in [0.5, 0.6) is 0 Å². The largest absolute Gasteiger partial charge is 0.368 e. The Bertz CT molecular complexity index is 974. The van der Waals surface area contributed by atoms with E-state index in [-0.39, 0.29) is 10.8 Å². The third-order valence-corrected chi connectivity index (χ3v) is 5.97. The zero-order valence-electron chi connectivity index (χ0n) is 14.9. The zero-order chi connectivity index (χ0) is 19.6. The number of nitrogens with two attached hydrogens (primary N) is 1. The van der Waals surface area contributed by atoms with Gasteiger partial charge in [0.05, 0.1) is 4.90 Å². The van der Waals surface area contributed by atoms with Crippen LogP contribution in [0.3, 0.4) is 0 Å². The van der Waals surface area contributed by atoms with Crippen LogP contribution < -0.4 is 15.4 Å². The van der Waals surface area contributed by atoms with Crippen molar-refractivity contribution >= 4 is 27.5 Å². The second-order valence-electron chi connectivity index (χ2n) is 6.43. The summed E-state index contributed by atoms with van der Waals surface area (Å²) in [7, 11) is -3.98. The van der Waals surface area contributed by atoms with Crippen molar-refractivity contribution in [2.24, 2.45) is 5.73 Å². The Hall–Kier alpha value is -2.71. The molecule has 8 heteroatoms. The summed E-state index contributed by atoms with van der Waals surface area (Å²) in [5, 5.41) is 0. The molecule has 2 amide bonds. The van der Waals surface area contributed by atoms with Gasteiger partial charge in [-0.15, -0.1) is 0 Å². The lowest BCUT2D eigenvalue weighted by Crippen LogP contribution is -2.37. The van der Waals surface area contributed by atoms with Gasteiger partial charge in [0.15, 0.2) is 0 Å². The van der Waals surface area contributed by atoms with Crippen LogP contribution in [0.2, 0.25) is 0 Å². The molecule has 3 rings (SSSR count). The third-order valence-electron chi connectivity index (χ3n) is 4.55. The van der Waals surface area contributed by atoms with Crippen LogP contribution in [-0.2, 0) is 26.0 Å². The lowest BCUT2D eigenvalue weighted by Gasteiger charge is -2.29. The summed E-state index contributed by atoms with van der Waals surface area (Å²) in [6, 6.07) is 11.9. The van der Waals surface area contributed by atoms with Gasteiger partial charge in [0, 0.05) is 19.2 Å². The summed E-state index contributed by atoms with van der Waals surface area (Å²) < 4.78 is 28.0. The highest BCUT2D eigenvalue weighted by atomic mass is 32.2. The van der Waals surface area contributed by atoms with Crippen LogP contribution in [-0.4, -0.2) is 26.8 Å². The molecule has 2 aromatic carbocycles. The molecule has 7 nitrogen and oxygen atoms in total. The second kappa shape index (κ2) is 7.50. The number of primary amides is 1. The SMILES string of the molecule is CC(=O)N1CCCc2cc(S(=O)(=O)NC(C(N)=O)c3ccccc3)ccc21. The van der Waals surface area contributed by atoms with Gasteiger partial charge in [0.2, 0.25) is 21.8 Å². The number of carbonyl (C=O) groups is 2. The standard InChI is InChI=1S/C19H21N3O4S/c1-13(23)22-11-5-8-15-12-16(9-10-17(15)22)27(25,26)21-18(19(20)24)14-6-3-2-4-7-14/h2-4,6-7,9-10,12,18,21H,5,8,11H2,1H3,(H2,20,24). The average molecular weight is 387 g/mol. The molecular weight excluding hydrogens is 366 g/mol. The van der Waals surface area contributed by atoms with E-state index >= 15 is 0 Å². The number of hydrogen-bond donors (Lipinski definition) is 2. The van der Waals surface area contributed by atoms with Crippen molar-refractivity contribution in [1.29, 1.82) is 0 Å². The molecule has 0 saturated carbocycles. The van der Waals surface area contributed by atoms with Crippen molar-refractivity contribution < 1.29 is 18.0 Å². The number of aryl methyl sites for hydroxylation is 1. The van der Waals surface area contributed by atoms with Gasteiger partial charge >= 0.3 is 0 Å². The quantitative estimate of drug-likeness (QED) is 0.810. The van der Waals surface area contributed by atoms with Crippen LogP contribution in [0.1, 0.15) is 30.5 Å². The van der Waals surface area contributed by atoms with Crippen molar-refractivity contribution in [3.05, 3.63) is 59.7 Å². The Morgan fingerprint density at radius 1 is 1.15 bits per heavy atom. The van der Waals surface area contributed by atoms with Gasteiger partial charge in [-0.2, -0.15) is 4.72 Å². The molecule has 0 saturated heterocycles. The minimum Gasteiger partial charge on any atom is -0.368 e. The van der Waals surface area contributed by atoms with E-state index in [1.54, 1.807) is 47.4 Å². The number of sulfonamides is 1. The molecule has 1 aliphatic rings. The van der Waals surface area contributed by atoms with E-state index in [0.29, 0.717) is 18.5 Å². The number of rotatable bonds is 5. The summed E-state index contributed by atoms with van der Waals surface area (Å²) in [6.45, 7) is 2.10. The van der Waals surface area contributed by atoms with Crippen LogP contribution >= 0.6 is 0 Å². The molecule has 3 N–H and O–H groups in total. The Morgan fingerprint density at radius 3 is 2.48 bits per heavy atom. The summed E-state index contributed by atoms with van der Waals surface area (Å²) in [5.74, 6) is -0.868. The number of carbonyl (C=O) groups excluding carboxylic acids is 2. The number of nitrogens with one attached hydrogen (secondary N) is 1. The topological polar surface area (TPSA) is 110 Å². The highest BCUT2D eigenvalue weighted by molar-refractivity contribution is 7.89. The molecule has 1 aliphatic heterocycles. The van der Waals surface area contributed by atoms with Crippen molar-refractivity contribution in [3.63, 3.8) is 0 Å². The van der Waals surface area contributed by atoms with E-state index in [1.165, 1.54) is 13.0 Å². The molecule has 142 valence electrons. The second-order valence-corrected chi connectivity index (χ2v) is 8.15. The molecule has 0 aromatic heterocycles. The molecule has 1 heterocycles. The highest BCUT2D eigenvalue weighted by Gasteiger charge is 2.27. The molecule has 2 aromatic rings. The summed E-state index contributed by atoms with van der Waals surface area (Å²) in [5.41, 5.74) is 7.38. The van der Waals surface area contributed by atoms with Crippen molar-refractivity contribution in [2.45, 2.75) is 30.7 Å². The Morgan fingerprint density at radius 2 is 1.85 bits per heavy atom. The smallest absolute Gasteiger partial charge is 0.241 e. The van der Waals surface area contributed by atoms with Gasteiger partial charge in [-0.25, -0.2) is 8.42 Å². The first-order valence-corrected chi connectivity index (χ1v) is 10.1. The minimum absolute atomic E-state index is 0.0360. The highest BCUT2D eigenvalue weighted by Crippen LogP contribution is 2.30. The lowest BCUT2D eigenvalue weighted by molar-refractivity contribution is -0.119. The summed E-state index contributed by atoms with van der Waals surface area (Å²) in [4.78, 5) is 25.2. The Labute approximate surface area is 158 Å². The van der Waals surface area contributed by atoms with Gasteiger partial charge in [-0.1, -0.05) is 30.3 Å². The maximum absolute atomic E-state index is 12.8. The van der Waals surface area contributed by atoms with E-state index in [9.17, 15) is 18.0 Å². The third kappa shape index (κ3) is 4.01. The Kier molecular flexibility index (Phi) is 5.29. The number of hydrogen-bond acceptors (Lipinski definition) is 4. The monoisotopic (exact) mass is 387 g/mol. The first kappa shape index (κ1) is 19.1. The lowest BCUT2D eigenvalue weighted by atomic mass is 10.0. The molecule has 0 radical (unpaired) electrons.